The second kappa shape index (κ2) is 4.23. The number of terminal acetylenes is 1. The van der Waals surface area contributed by atoms with Crippen LogP contribution in [0.15, 0.2) is 24.3 Å². The van der Waals surface area contributed by atoms with Gasteiger partial charge in [0.05, 0.1) is 7.11 Å². The first kappa shape index (κ1) is 11.7. The lowest BCUT2D eigenvalue weighted by atomic mass is 9.87. The van der Waals surface area contributed by atoms with Crippen molar-refractivity contribution in [2.45, 2.75) is 24.3 Å². The molecule has 0 heterocycles. The number of hydrogen-bond donors (Lipinski definition) is 1. The molecule has 0 aromatic heterocycles. The van der Waals surface area contributed by atoms with Crippen LogP contribution in [0.4, 0.5) is 0 Å². The van der Waals surface area contributed by atoms with Gasteiger partial charge in [-0.25, -0.2) is 0 Å². The fourth-order valence-corrected chi connectivity index (χ4v) is 2.19. The predicted molar refractivity (Wildman–Crippen MR) is 65.3 cm³/mol. The molecule has 0 saturated heterocycles. The van der Waals surface area contributed by atoms with Crippen molar-refractivity contribution in [3.63, 3.8) is 0 Å². The molecule has 1 aliphatic rings. The van der Waals surface area contributed by atoms with Gasteiger partial charge in [0.25, 0.3) is 0 Å². The molecule has 3 nitrogen and oxygen atoms in total. The Bertz CT molecular complexity index is 483. The van der Waals surface area contributed by atoms with E-state index in [9.17, 15) is 4.79 Å². The molecular formula is C14H15NO2. The quantitative estimate of drug-likeness (QED) is 0.626. The van der Waals surface area contributed by atoms with Crippen molar-refractivity contribution in [3.05, 3.63) is 35.4 Å². The summed E-state index contributed by atoms with van der Waals surface area (Å²) in [6, 6.07) is 7.05. The third-order valence-electron chi connectivity index (χ3n) is 3.44. The first-order valence-electron chi connectivity index (χ1n) is 5.54. The minimum atomic E-state index is -0.611. The summed E-state index contributed by atoms with van der Waals surface area (Å²) in [4.78, 5) is 11.5. The van der Waals surface area contributed by atoms with E-state index in [0.29, 0.717) is 0 Å². The normalized spacial score (nSPS) is 17.9. The Labute approximate surface area is 101 Å². The van der Waals surface area contributed by atoms with Crippen molar-refractivity contribution in [1.82, 2.24) is 0 Å². The van der Waals surface area contributed by atoms with E-state index >= 15 is 0 Å². The highest BCUT2D eigenvalue weighted by molar-refractivity contribution is 5.79. The molecule has 1 aliphatic carbocycles. The summed E-state index contributed by atoms with van der Waals surface area (Å²) in [5.74, 6) is 2.23. The van der Waals surface area contributed by atoms with Gasteiger partial charge < -0.3 is 10.5 Å². The van der Waals surface area contributed by atoms with Gasteiger partial charge in [-0.05, 0) is 30.5 Å². The fraction of sp³-hybridized carbons (Fsp3) is 0.357. The van der Waals surface area contributed by atoms with Gasteiger partial charge in [0.1, 0.15) is 6.04 Å². The van der Waals surface area contributed by atoms with Crippen LogP contribution >= 0.6 is 0 Å². The monoisotopic (exact) mass is 229 g/mol. The number of methoxy groups -OCH3 is 1. The minimum Gasteiger partial charge on any atom is -0.468 e. The zero-order chi connectivity index (χ0) is 12.5. The average molecular weight is 229 g/mol. The Morgan fingerprint density at radius 1 is 1.59 bits per heavy atom. The second-order valence-electron chi connectivity index (χ2n) is 4.38. The van der Waals surface area contributed by atoms with Crippen LogP contribution in [-0.2, 0) is 14.9 Å². The minimum absolute atomic E-state index is 0.278. The summed E-state index contributed by atoms with van der Waals surface area (Å²) >= 11 is 0. The highest BCUT2D eigenvalue weighted by Crippen LogP contribution is 2.50. The fourth-order valence-electron chi connectivity index (χ4n) is 2.19. The van der Waals surface area contributed by atoms with Gasteiger partial charge >= 0.3 is 5.97 Å². The lowest BCUT2D eigenvalue weighted by Crippen LogP contribution is -2.42. The number of carbonyl (C=O) groups excluding carboxylic acids is 1. The van der Waals surface area contributed by atoms with Crippen LogP contribution < -0.4 is 5.73 Å². The van der Waals surface area contributed by atoms with Crippen LogP contribution in [0.3, 0.4) is 0 Å². The Morgan fingerprint density at radius 3 is 2.82 bits per heavy atom. The smallest absolute Gasteiger partial charge is 0.323 e. The molecule has 0 spiro atoms. The van der Waals surface area contributed by atoms with E-state index < -0.39 is 6.04 Å². The SMILES string of the molecule is C#Cc1cccc(C2(C(N)C(=O)OC)CC2)c1. The summed E-state index contributed by atoms with van der Waals surface area (Å²) in [6.45, 7) is 0. The van der Waals surface area contributed by atoms with Gasteiger partial charge in [0.2, 0.25) is 0 Å². The van der Waals surface area contributed by atoms with Crippen molar-refractivity contribution in [2.24, 2.45) is 5.73 Å². The summed E-state index contributed by atoms with van der Waals surface area (Å²) in [5.41, 5.74) is 7.53. The predicted octanol–water partition coefficient (Wildman–Crippen LogP) is 1.20. The van der Waals surface area contributed by atoms with Crippen LogP contribution in [0.2, 0.25) is 0 Å². The highest BCUT2D eigenvalue weighted by atomic mass is 16.5. The number of esters is 1. The molecule has 2 rings (SSSR count). The first-order valence-corrected chi connectivity index (χ1v) is 5.54. The van der Waals surface area contributed by atoms with Crippen molar-refractivity contribution >= 4 is 5.97 Å². The molecule has 17 heavy (non-hydrogen) atoms. The Kier molecular flexibility index (Phi) is 2.91. The van der Waals surface area contributed by atoms with Crippen LogP contribution in [0.1, 0.15) is 24.0 Å². The molecule has 0 aliphatic heterocycles. The highest BCUT2D eigenvalue weighted by Gasteiger charge is 2.52. The van der Waals surface area contributed by atoms with Crippen LogP contribution in [0.25, 0.3) is 0 Å². The van der Waals surface area contributed by atoms with Crippen molar-refractivity contribution in [3.8, 4) is 12.3 Å². The lowest BCUT2D eigenvalue weighted by molar-refractivity contribution is -0.143. The van der Waals surface area contributed by atoms with E-state index in [1.165, 1.54) is 7.11 Å². The molecule has 3 heteroatoms. The summed E-state index contributed by atoms with van der Waals surface area (Å²) < 4.78 is 4.71. The van der Waals surface area contributed by atoms with Crippen LogP contribution in [0.5, 0.6) is 0 Å². The number of nitrogens with two attached hydrogens (primary N) is 1. The Balaban J connectivity index is 2.33. The Hall–Kier alpha value is -1.79. The van der Waals surface area contributed by atoms with E-state index in [1.54, 1.807) is 0 Å². The molecule has 2 N–H and O–H groups in total. The molecule has 1 fully saturated rings. The Morgan fingerprint density at radius 2 is 2.29 bits per heavy atom. The van der Waals surface area contributed by atoms with E-state index in [-0.39, 0.29) is 11.4 Å². The van der Waals surface area contributed by atoms with Gasteiger partial charge in [0.15, 0.2) is 0 Å². The molecular weight excluding hydrogens is 214 g/mol. The maximum atomic E-state index is 11.5. The van der Waals surface area contributed by atoms with Crippen LogP contribution in [0, 0.1) is 12.3 Å². The molecule has 0 bridgehead atoms. The molecule has 1 saturated carbocycles. The molecule has 1 unspecified atom stereocenters. The topological polar surface area (TPSA) is 52.3 Å². The van der Waals surface area contributed by atoms with E-state index in [4.69, 9.17) is 16.9 Å². The number of carbonyl (C=O) groups is 1. The summed E-state index contributed by atoms with van der Waals surface area (Å²) in [6.07, 6.45) is 7.17. The zero-order valence-electron chi connectivity index (χ0n) is 9.77. The van der Waals surface area contributed by atoms with E-state index in [2.05, 4.69) is 5.92 Å². The van der Waals surface area contributed by atoms with E-state index in [0.717, 1.165) is 24.0 Å². The van der Waals surface area contributed by atoms with E-state index in [1.807, 2.05) is 24.3 Å². The van der Waals surface area contributed by atoms with Crippen molar-refractivity contribution in [1.29, 1.82) is 0 Å². The van der Waals surface area contributed by atoms with Gasteiger partial charge in [-0.2, -0.15) is 0 Å². The third-order valence-corrected chi connectivity index (χ3v) is 3.44. The van der Waals surface area contributed by atoms with Gasteiger partial charge in [-0.15, -0.1) is 6.42 Å². The molecule has 1 aromatic rings. The summed E-state index contributed by atoms with van der Waals surface area (Å²) in [7, 11) is 1.36. The molecule has 88 valence electrons. The van der Waals surface area contributed by atoms with Crippen LogP contribution in [-0.4, -0.2) is 19.1 Å². The number of rotatable bonds is 3. The van der Waals surface area contributed by atoms with Crippen molar-refractivity contribution < 1.29 is 9.53 Å². The first-order chi connectivity index (χ1) is 8.14. The molecule has 1 atom stereocenters. The standard InChI is InChI=1S/C14H15NO2/c1-3-10-5-4-6-11(9-10)14(7-8-14)12(15)13(16)17-2/h1,4-6,9,12H,7-8,15H2,2H3. The molecule has 1 aromatic carbocycles. The largest absolute Gasteiger partial charge is 0.468 e. The molecule has 0 amide bonds. The maximum absolute atomic E-state index is 11.5. The number of hydrogen-bond acceptors (Lipinski definition) is 3. The number of benzene rings is 1. The molecule has 0 radical (unpaired) electrons. The number of ether oxygens (including phenoxy) is 1. The lowest BCUT2D eigenvalue weighted by Gasteiger charge is -2.21. The average Bonchev–Trinajstić information content (AvgIpc) is 3.18. The van der Waals surface area contributed by atoms with Crippen molar-refractivity contribution in [2.75, 3.05) is 7.11 Å². The summed E-state index contributed by atoms with van der Waals surface area (Å²) in [5, 5.41) is 0. The van der Waals surface area contributed by atoms with Gasteiger partial charge in [-0.1, -0.05) is 18.1 Å². The third kappa shape index (κ3) is 1.92. The second-order valence-corrected chi connectivity index (χ2v) is 4.38. The zero-order valence-corrected chi connectivity index (χ0v) is 9.77. The van der Waals surface area contributed by atoms with Gasteiger partial charge in [0, 0.05) is 11.0 Å². The maximum Gasteiger partial charge on any atom is 0.323 e. The van der Waals surface area contributed by atoms with Gasteiger partial charge in [-0.3, -0.25) is 4.79 Å².